The molecule has 0 N–H and O–H groups in total. The normalized spacial score (nSPS) is 10.3. The average molecular weight is 293 g/mol. The fraction of sp³-hybridized carbons (Fsp3) is 0.417. The first-order chi connectivity index (χ1) is 8.13. The Morgan fingerprint density at radius 3 is 2.76 bits per heavy atom. The predicted molar refractivity (Wildman–Crippen MR) is 73.1 cm³/mol. The van der Waals surface area contributed by atoms with Crippen LogP contribution in [0.2, 0.25) is 10.0 Å². The average Bonchev–Trinajstić information content (AvgIpc) is 2.31. The standard InChI is InChI=1S/C12H14Cl2O2S/c1-2-3-6-16-12(15)8-17-9-4-5-10(13)11(14)7-9/h4-5,7H,2-3,6,8H2,1H3. The first-order valence-electron chi connectivity index (χ1n) is 5.37. The molecular formula is C12H14Cl2O2S. The highest BCUT2D eigenvalue weighted by atomic mass is 35.5. The molecule has 0 atom stereocenters. The third-order valence-corrected chi connectivity index (χ3v) is 3.72. The van der Waals surface area contributed by atoms with E-state index in [1.165, 1.54) is 11.8 Å². The zero-order valence-electron chi connectivity index (χ0n) is 9.54. The van der Waals surface area contributed by atoms with Gasteiger partial charge in [0.2, 0.25) is 0 Å². The maximum atomic E-state index is 11.3. The maximum Gasteiger partial charge on any atom is 0.316 e. The summed E-state index contributed by atoms with van der Waals surface area (Å²) in [5.41, 5.74) is 0. The summed E-state index contributed by atoms with van der Waals surface area (Å²) in [5, 5.41) is 1.01. The maximum absolute atomic E-state index is 11.3. The molecule has 0 radical (unpaired) electrons. The lowest BCUT2D eigenvalue weighted by Gasteiger charge is -2.04. The van der Waals surface area contributed by atoms with Crippen molar-refractivity contribution in [1.82, 2.24) is 0 Å². The minimum atomic E-state index is -0.200. The molecule has 0 heterocycles. The van der Waals surface area contributed by atoms with E-state index in [9.17, 15) is 4.79 Å². The van der Waals surface area contributed by atoms with E-state index in [-0.39, 0.29) is 5.97 Å². The molecule has 0 amide bonds. The van der Waals surface area contributed by atoms with Crippen molar-refractivity contribution in [1.29, 1.82) is 0 Å². The third-order valence-electron chi connectivity index (χ3n) is 2.01. The molecule has 0 saturated carbocycles. The number of ether oxygens (including phenoxy) is 1. The van der Waals surface area contributed by atoms with Gasteiger partial charge in [0.05, 0.1) is 22.4 Å². The first kappa shape index (κ1) is 14.7. The van der Waals surface area contributed by atoms with Crippen LogP contribution in [0.3, 0.4) is 0 Å². The zero-order chi connectivity index (χ0) is 12.7. The number of halogens is 2. The van der Waals surface area contributed by atoms with Gasteiger partial charge in [-0.3, -0.25) is 4.79 Å². The van der Waals surface area contributed by atoms with E-state index >= 15 is 0 Å². The van der Waals surface area contributed by atoms with Crippen molar-refractivity contribution < 1.29 is 9.53 Å². The lowest BCUT2D eigenvalue weighted by atomic mass is 10.4. The van der Waals surface area contributed by atoms with Crippen LogP contribution < -0.4 is 0 Å². The number of rotatable bonds is 6. The molecular weight excluding hydrogens is 279 g/mol. The molecule has 0 fully saturated rings. The van der Waals surface area contributed by atoms with Crippen molar-refractivity contribution >= 4 is 40.9 Å². The van der Waals surface area contributed by atoms with Crippen molar-refractivity contribution in [2.75, 3.05) is 12.4 Å². The van der Waals surface area contributed by atoms with E-state index in [2.05, 4.69) is 6.92 Å². The number of hydrogen-bond donors (Lipinski definition) is 0. The number of carbonyl (C=O) groups excluding carboxylic acids is 1. The summed E-state index contributed by atoms with van der Waals surface area (Å²) in [5.74, 6) is 0.0938. The summed E-state index contributed by atoms with van der Waals surface area (Å²) in [6, 6.07) is 5.29. The highest BCUT2D eigenvalue weighted by molar-refractivity contribution is 8.00. The van der Waals surface area contributed by atoms with Crippen LogP contribution in [0.15, 0.2) is 23.1 Å². The van der Waals surface area contributed by atoms with Gasteiger partial charge in [-0.25, -0.2) is 0 Å². The quantitative estimate of drug-likeness (QED) is 0.441. The van der Waals surface area contributed by atoms with Gasteiger partial charge >= 0.3 is 5.97 Å². The van der Waals surface area contributed by atoms with Gasteiger partial charge in [0.1, 0.15) is 0 Å². The van der Waals surface area contributed by atoms with Gasteiger partial charge < -0.3 is 4.74 Å². The monoisotopic (exact) mass is 292 g/mol. The van der Waals surface area contributed by atoms with E-state index in [1.54, 1.807) is 12.1 Å². The van der Waals surface area contributed by atoms with Gasteiger partial charge in [0.15, 0.2) is 0 Å². The number of benzene rings is 1. The Kier molecular flexibility index (Phi) is 6.78. The molecule has 0 bridgehead atoms. The summed E-state index contributed by atoms with van der Waals surface area (Å²) in [4.78, 5) is 12.3. The Morgan fingerprint density at radius 2 is 2.12 bits per heavy atom. The van der Waals surface area contributed by atoms with Crippen molar-refractivity contribution in [2.24, 2.45) is 0 Å². The van der Waals surface area contributed by atoms with Crippen LogP contribution in [0.4, 0.5) is 0 Å². The minimum absolute atomic E-state index is 0.200. The molecule has 0 aliphatic heterocycles. The van der Waals surface area contributed by atoms with Crippen molar-refractivity contribution in [3.05, 3.63) is 28.2 Å². The SMILES string of the molecule is CCCCOC(=O)CSc1ccc(Cl)c(Cl)c1. The van der Waals surface area contributed by atoms with Gasteiger partial charge in [0.25, 0.3) is 0 Å². The molecule has 94 valence electrons. The van der Waals surface area contributed by atoms with E-state index in [1.807, 2.05) is 6.07 Å². The van der Waals surface area contributed by atoms with Crippen LogP contribution in [0.25, 0.3) is 0 Å². The van der Waals surface area contributed by atoms with Crippen LogP contribution in [0.5, 0.6) is 0 Å². The zero-order valence-corrected chi connectivity index (χ0v) is 11.9. The molecule has 0 aliphatic carbocycles. The fourth-order valence-electron chi connectivity index (χ4n) is 1.08. The molecule has 1 aromatic rings. The van der Waals surface area contributed by atoms with Gasteiger partial charge in [-0.1, -0.05) is 36.5 Å². The number of carbonyl (C=O) groups is 1. The first-order valence-corrected chi connectivity index (χ1v) is 7.11. The van der Waals surface area contributed by atoms with Crippen LogP contribution in [0.1, 0.15) is 19.8 Å². The van der Waals surface area contributed by atoms with Crippen LogP contribution in [-0.2, 0) is 9.53 Å². The molecule has 1 rings (SSSR count). The Hall–Kier alpha value is -0.380. The summed E-state index contributed by atoms with van der Waals surface area (Å²) in [7, 11) is 0. The van der Waals surface area contributed by atoms with E-state index in [4.69, 9.17) is 27.9 Å². The Labute approximate surface area is 116 Å². The molecule has 0 saturated heterocycles. The molecule has 0 aliphatic rings. The number of unbranched alkanes of at least 4 members (excludes halogenated alkanes) is 1. The highest BCUT2D eigenvalue weighted by Gasteiger charge is 2.05. The molecule has 5 heteroatoms. The second-order valence-electron chi connectivity index (χ2n) is 3.44. The Bertz CT molecular complexity index is 383. The van der Waals surface area contributed by atoms with Crippen LogP contribution >= 0.6 is 35.0 Å². The molecule has 0 aromatic heterocycles. The summed E-state index contributed by atoms with van der Waals surface area (Å²) >= 11 is 13.1. The van der Waals surface area contributed by atoms with Gasteiger partial charge in [0, 0.05) is 4.90 Å². The number of thioether (sulfide) groups is 1. The van der Waals surface area contributed by atoms with Crippen LogP contribution in [0, 0.1) is 0 Å². The third kappa shape index (κ3) is 5.66. The number of hydrogen-bond acceptors (Lipinski definition) is 3. The Morgan fingerprint density at radius 1 is 1.35 bits per heavy atom. The largest absolute Gasteiger partial charge is 0.465 e. The van der Waals surface area contributed by atoms with Gasteiger partial charge in [-0.2, -0.15) is 0 Å². The fourth-order valence-corrected chi connectivity index (χ4v) is 2.18. The second kappa shape index (κ2) is 7.85. The highest BCUT2D eigenvalue weighted by Crippen LogP contribution is 2.27. The molecule has 0 spiro atoms. The van der Waals surface area contributed by atoms with Gasteiger partial charge in [-0.15, -0.1) is 11.8 Å². The second-order valence-corrected chi connectivity index (χ2v) is 5.30. The van der Waals surface area contributed by atoms with Gasteiger partial charge in [-0.05, 0) is 24.6 Å². The predicted octanol–water partition coefficient (Wildman–Crippen LogP) is 4.43. The van der Waals surface area contributed by atoms with Crippen molar-refractivity contribution in [3.8, 4) is 0 Å². The smallest absolute Gasteiger partial charge is 0.316 e. The minimum Gasteiger partial charge on any atom is -0.465 e. The molecule has 1 aromatic carbocycles. The molecule has 0 unspecified atom stereocenters. The van der Waals surface area contributed by atoms with Crippen LogP contribution in [-0.4, -0.2) is 18.3 Å². The summed E-state index contributed by atoms with van der Waals surface area (Å²) in [6.07, 6.45) is 1.93. The lowest BCUT2D eigenvalue weighted by Crippen LogP contribution is -2.08. The van der Waals surface area contributed by atoms with E-state index < -0.39 is 0 Å². The molecule has 2 nitrogen and oxygen atoms in total. The summed E-state index contributed by atoms with van der Waals surface area (Å²) < 4.78 is 5.04. The summed E-state index contributed by atoms with van der Waals surface area (Å²) in [6.45, 7) is 2.55. The Balaban J connectivity index is 2.34. The van der Waals surface area contributed by atoms with Crippen molar-refractivity contribution in [2.45, 2.75) is 24.7 Å². The number of esters is 1. The molecule has 17 heavy (non-hydrogen) atoms. The topological polar surface area (TPSA) is 26.3 Å². The van der Waals surface area contributed by atoms with E-state index in [0.717, 1.165) is 17.7 Å². The lowest BCUT2D eigenvalue weighted by molar-refractivity contribution is -0.140. The van der Waals surface area contributed by atoms with Crippen molar-refractivity contribution in [3.63, 3.8) is 0 Å². The van der Waals surface area contributed by atoms with E-state index in [0.29, 0.717) is 22.4 Å².